The Labute approximate surface area is 497 Å². The van der Waals surface area contributed by atoms with Crippen molar-refractivity contribution in [3.05, 3.63) is 112 Å². The van der Waals surface area contributed by atoms with Crippen LogP contribution in [0.3, 0.4) is 0 Å². The predicted octanol–water partition coefficient (Wildman–Crippen LogP) is 15.5. The van der Waals surface area contributed by atoms with Gasteiger partial charge in [0.25, 0.3) is 14.1 Å². The molecule has 1 fully saturated rings. The van der Waals surface area contributed by atoms with E-state index in [0.717, 1.165) is 36.0 Å². The maximum absolute atomic E-state index is 13.7. The summed E-state index contributed by atoms with van der Waals surface area (Å²) in [5.74, 6) is 0.693. The molecule has 2 aromatic heterocycles. The van der Waals surface area contributed by atoms with Crippen molar-refractivity contribution in [3.63, 3.8) is 0 Å². The normalized spacial score (nSPS) is 16.8. The van der Waals surface area contributed by atoms with Crippen LogP contribution in [0.2, 0.25) is 0 Å². The van der Waals surface area contributed by atoms with Crippen LogP contribution >= 0.6 is 8.53 Å². The van der Waals surface area contributed by atoms with Gasteiger partial charge in [0, 0.05) is 24.6 Å². The van der Waals surface area contributed by atoms with E-state index in [1.54, 1.807) is 32.6 Å². The Kier molecular flexibility index (Phi) is 28.9. The lowest BCUT2D eigenvalue weighted by Gasteiger charge is -2.39. The number of methoxy groups -OCH3 is 2. The molecule has 3 heterocycles. The number of nitrogens with one attached hydrogen (secondary N) is 2. The van der Waals surface area contributed by atoms with Crippen LogP contribution in [-0.2, 0) is 33.7 Å². The number of amides is 1. The first kappa shape index (κ1) is 66.9. The molecule has 0 bridgehead atoms. The number of hydrogen-bond acceptors (Lipinski definition) is 13. The molecule has 3 aromatic carbocycles. The van der Waals surface area contributed by atoms with E-state index >= 15 is 0 Å². The molecule has 5 atom stereocenters. The molecule has 1 aliphatic rings. The fourth-order valence-electron chi connectivity index (χ4n) is 11.1. The number of nitrogens with zero attached hydrogens (tertiary/aromatic N) is 5. The number of nitriles is 1. The van der Waals surface area contributed by atoms with E-state index in [9.17, 15) is 14.9 Å². The largest absolute Gasteiger partial charge is 0.497 e. The topological polar surface area (TPSA) is 184 Å². The van der Waals surface area contributed by atoms with Gasteiger partial charge in [0.1, 0.15) is 35.4 Å². The van der Waals surface area contributed by atoms with E-state index in [4.69, 9.17) is 37.7 Å². The molecule has 1 saturated heterocycles. The molecule has 0 spiro atoms. The maximum Gasteiger partial charge on any atom is 0.280 e. The number of carbonyl (C=O) groups excluding carboxylic acids is 1. The van der Waals surface area contributed by atoms with Crippen molar-refractivity contribution < 1.29 is 37.5 Å². The number of imidazole rings is 1. The van der Waals surface area contributed by atoms with E-state index in [-0.39, 0.29) is 60.7 Å². The molecule has 456 valence electrons. The zero-order valence-electron chi connectivity index (χ0n) is 51.5. The average Bonchev–Trinajstić information content (AvgIpc) is 3.30. The summed E-state index contributed by atoms with van der Waals surface area (Å²) in [5, 5.41) is 12.5. The zero-order chi connectivity index (χ0) is 59.4. The monoisotopic (exact) mass is 1160 g/mol. The molecule has 1 aliphatic heterocycles. The third kappa shape index (κ3) is 19.6. The number of ether oxygens (including phenoxy) is 5. The fraction of sp³-hybridized carbons (Fsp3) is 0.621. The Morgan fingerprint density at radius 3 is 1.71 bits per heavy atom. The summed E-state index contributed by atoms with van der Waals surface area (Å²) >= 11 is 0. The lowest BCUT2D eigenvalue weighted by Crippen LogP contribution is -2.43. The van der Waals surface area contributed by atoms with Gasteiger partial charge in [-0.15, -0.1) is 0 Å². The van der Waals surface area contributed by atoms with E-state index in [1.165, 1.54) is 115 Å². The van der Waals surface area contributed by atoms with Gasteiger partial charge in [0.05, 0.1) is 46.3 Å². The Balaban J connectivity index is 1.28. The first-order valence-electron chi connectivity index (χ1n) is 31.1. The number of fused-ring (bicyclic) bond motifs is 1. The van der Waals surface area contributed by atoms with Gasteiger partial charge in [-0.1, -0.05) is 197 Å². The summed E-state index contributed by atoms with van der Waals surface area (Å²) in [5.41, 5.74) is 1.05. The van der Waals surface area contributed by atoms with Crippen LogP contribution in [0.25, 0.3) is 11.2 Å². The molecule has 1 amide bonds. The lowest BCUT2D eigenvalue weighted by molar-refractivity contribution is -0.118. The Bertz CT molecular complexity index is 2660. The van der Waals surface area contributed by atoms with Crippen LogP contribution < -0.4 is 20.3 Å². The number of anilines is 1. The summed E-state index contributed by atoms with van der Waals surface area (Å²) in [6, 6.07) is 28.0. The minimum absolute atomic E-state index is 0.00591. The first-order valence-corrected chi connectivity index (χ1v) is 32.3. The second kappa shape index (κ2) is 35.9. The van der Waals surface area contributed by atoms with E-state index in [2.05, 4.69) is 72.8 Å². The van der Waals surface area contributed by atoms with Crippen molar-refractivity contribution in [2.45, 2.75) is 226 Å². The van der Waals surface area contributed by atoms with Crippen molar-refractivity contribution in [2.24, 2.45) is 5.92 Å². The second-order valence-electron chi connectivity index (χ2n) is 22.9. The molecule has 16 nitrogen and oxygen atoms in total. The molecule has 6 rings (SSSR count). The number of unbranched alkanes of at least 4 members (excludes halogenated alkanes) is 19. The highest BCUT2D eigenvalue weighted by Crippen LogP contribution is 2.52. The maximum atomic E-state index is 13.7. The summed E-state index contributed by atoms with van der Waals surface area (Å²) in [6.07, 6.45) is 24.0. The Morgan fingerprint density at radius 1 is 0.723 bits per heavy atom. The molecule has 0 aliphatic carbocycles. The Hall–Kier alpha value is -5.24. The van der Waals surface area contributed by atoms with Gasteiger partial charge >= 0.3 is 0 Å². The number of H-pyrrole nitrogens is 1. The van der Waals surface area contributed by atoms with E-state index in [1.807, 2.05) is 66.7 Å². The quantitative estimate of drug-likeness (QED) is 0.0214. The van der Waals surface area contributed by atoms with Crippen molar-refractivity contribution in [3.8, 4) is 17.6 Å². The third-order valence-corrected chi connectivity index (χ3v) is 17.7. The molecule has 5 aromatic rings. The highest BCUT2D eigenvalue weighted by atomic mass is 31.2. The van der Waals surface area contributed by atoms with Crippen molar-refractivity contribution >= 4 is 31.5 Å². The molecule has 17 heteroatoms. The van der Waals surface area contributed by atoms with Crippen LogP contribution in [-0.4, -0.2) is 94.5 Å². The van der Waals surface area contributed by atoms with Crippen molar-refractivity contribution in [1.82, 2.24) is 24.2 Å². The average molecular weight is 1160 g/mol. The fourth-order valence-corrected chi connectivity index (χ4v) is 12.8. The van der Waals surface area contributed by atoms with Gasteiger partial charge in [-0.2, -0.15) is 10.2 Å². The van der Waals surface area contributed by atoms with Gasteiger partial charge in [-0.3, -0.25) is 24.5 Å². The smallest absolute Gasteiger partial charge is 0.280 e. The minimum Gasteiger partial charge on any atom is -0.497 e. The van der Waals surface area contributed by atoms with Gasteiger partial charge in [0.15, 0.2) is 17.4 Å². The van der Waals surface area contributed by atoms with Gasteiger partial charge in [-0.25, -0.2) is 9.65 Å². The first-order chi connectivity index (χ1) is 40.4. The summed E-state index contributed by atoms with van der Waals surface area (Å²) < 4.78 is 51.2. The van der Waals surface area contributed by atoms with E-state index < -0.39 is 44.2 Å². The van der Waals surface area contributed by atoms with Gasteiger partial charge in [-0.05, 0) is 75.1 Å². The molecule has 0 radical (unpaired) electrons. The van der Waals surface area contributed by atoms with E-state index in [0.29, 0.717) is 18.1 Å². The van der Waals surface area contributed by atoms with Crippen LogP contribution in [0.4, 0.5) is 5.95 Å². The van der Waals surface area contributed by atoms with Crippen LogP contribution in [0, 0.1) is 17.2 Å². The molecule has 1 unspecified atom stereocenters. The lowest BCUT2D eigenvalue weighted by atomic mass is 9.80. The number of benzene rings is 3. The number of aromatic amines is 1. The standard InChI is InChI=1S/C66H98N7O9P/c1-10-11-12-13-14-15-16-17-18-19-20-21-22-23-24-25-26-27-28-32-45-78-60-59(82-83(80-46-33-44-67)73(50(4)5)51(6)7)57(81-64(60)72-48-68-58-61(72)69-65(71-63(58)75)70-62(74)49(2)3)47-79-66(52-34-30-29-31-35-52,53-36-40-55(76-8)41-37-53)54-38-42-56(77-9)43-39-54/h29-31,34-43,48-51,57,59-60,64H,10-28,32-33,45-47H2,1-9H3,(H2,69,70,71,74,75)/t57-,59-,60-,64-,83?/m1/s1. The highest BCUT2D eigenvalue weighted by Gasteiger charge is 2.52. The van der Waals surface area contributed by atoms with Crippen LogP contribution in [0.15, 0.2) is 90.0 Å². The molecule has 2 N–H and O–H groups in total. The minimum atomic E-state index is -1.84. The molecular formula is C66H98N7O9P. The molecule has 0 saturated carbocycles. The van der Waals surface area contributed by atoms with Gasteiger partial charge < -0.3 is 32.7 Å². The molecule has 83 heavy (non-hydrogen) atoms. The number of hydrogen-bond donors (Lipinski definition) is 2. The predicted molar refractivity (Wildman–Crippen MR) is 332 cm³/mol. The third-order valence-electron chi connectivity index (χ3n) is 15.6. The van der Waals surface area contributed by atoms with Crippen LogP contribution in [0.5, 0.6) is 11.5 Å². The zero-order valence-corrected chi connectivity index (χ0v) is 52.3. The number of aromatic nitrogens is 4. The summed E-state index contributed by atoms with van der Waals surface area (Å²) in [6.45, 7) is 14.7. The summed E-state index contributed by atoms with van der Waals surface area (Å²) in [7, 11) is 1.44. The van der Waals surface area contributed by atoms with Crippen molar-refractivity contribution in [1.29, 1.82) is 5.26 Å². The Morgan fingerprint density at radius 2 is 1.23 bits per heavy atom. The SMILES string of the molecule is CCCCCCCCCCCCCCCCCCCCCCO[C@@H]1[C@H](OP(OCCC#N)N(C(C)C)C(C)C)[C@@H](COC(c2ccccc2)(c2ccc(OC)cc2)c2ccc(OC)cc2)O[C@H]1n1cnc2c(=O)[nH]c(NC(=O)C(C)C)nc21. The second-order valence-corrected chi connectivity index (χ2v) is 24.3. The molecular weight excluding hydrogens is 1070 g/mol. The highest BCUT2D eigenvalue weighted by molar-refractivity contribution is 7.44. The van der Waals surface area contributed by atoms with Crippen LogP contribution in [0.1, 0.15) is 206 Å². The van der Waals surface area contributed by atoms with Gasteiger partial charge in [0.2, 0.25) is 11.9 Å². The number of rotatable bonds is 41. The van der Waals surface area contributed by atoms with Crippen molar-refractivity contribution in [2.75, 3.05) is 39.4 Å². The number of carbonyl (C=O) groups is 1. The summed E-state index contributed by atoms with van der Waals surface area (Å²) in [4.78, 5) is 38.8.